The van der Waals surface area contributed by atoms with E-state index < -0.39 is 0 Å². The number of rotatable bonds is 4. The van der Waals surface area contributed by atoms with Crippen LogP contribution in [0.25, 0.3) is 5.57 Å². The Labute approximate surface area is 187 Å². The van der Waals surface area contributed by atoms with Crippen molar-refractivity contribution in [3.05, 3.63) is 90.0 Å². The van der Waals surface area contributed by atoms with Crippen LogP contribution < -0.4 is 10.2 Å². The van der Waals surface area contributed by atoms with Crippen molar-refractivity contribution in [2.24, 2.45) is 4.99 Å². The van der Waals surface area contributed by atoms with Crippen LogP contribution >= 0.6 is 0 Å². The lowest BCUT2D eigenvalue weighted by atomic mass is 10.1. The van der Waals surface area contributed by atoms with E-state index >= 15 is 0 Å². The first-order valence-electron chi connectivity index (χ1n) is 10.6. The van der Waals surface area contributed by atoms with Crippen molar-refractivity contribution >= 4 is 23.1 Å². The molecule has 7 nitrogen and oxygen atoms in total. The number of nitrogens with one attached hydrogen (secondary N) is 1. The third kappa shape index (κ3) is 5.50. The van der Waals surface area contributed by atoms with Gasteiger partial charge in [0.15, 0.2) is 0 Å². The largest absolute Gasteiger partial charge is 0.497 e. The van der Waals surface area contributed by atoms with Gasteiger partial charge in [-0.3, -0.25) is 4.79 Å². The van der Waals surface area contributed by atoms with E-state index in [1.807, 2.05) is 48.6 Å². The van der Waals surface area contributed by atoms with Crippen LogP contribution in [0.4, 0.5) is 5.82 Å². The number of morpholine rings is 1. The van der Waals surface area contributed by atoms with E-state index in [1.165, 1.54) is 0 Å². The molecule has 4 rings (SSSR count). The van der Waals surface area contributed by atoms with Gasteiger partial charge in [-0.2, -0.15) is 0 Å². The number of pyridine rings is 1. The molecule has 3 heterocycles. The summed E-state index contributed by atoms with van der Waals surface area (Å²) in [4.78, 5) is 24.1. The predicted molar refractivity (Wildman–Crippen MR) is 125 cm³/mol. The van der Waals surface area contributed by atoms with Crippen LogP contribution in [0.1, 0.15) is 22.3 Å². The van der Waals surface area contributed by atoms with Gasteiger partial charge in [0.05, 0.1) is 20.3 Å². The molecule has 0 unspecified atom stereocenters. The minimum absolute atomic E-state index is 0.227. The molecule has 7 heteroatoms. The highest BCUT2D eigenvalue weighted by atomic mass is 16.5. The Morgan fingerprint density at radius 2 is 1.94 bits per heavy atom. The molecule has 1 saturated heterocycles. The van der Waals surface area contributed by atoms with Crippen LogP contribution in [0.2, 0.25) is 0 Å². The fourth-order valence-corrected chi connectivity index (χ4v) is 3.44. The van der Waals surface area contributed by atoms with E-state index in [2.05, 4.69) is 20.2 Å². The van der Waals surface area contributed by atoms with Crippen LogP contribution in [0.15, 0.2) is 83.8 Å². The molecule has 0 spiro atoms. The lowest BCUT2D eigenvalue weighted by Gasteiger charge is -2.27. The number of methoxy groups -OCH3 is 1. The molecule has 1 aromatic carbocycles. The highest BCUT2D eigenvalue weighted by Gasteiger charge is 2.15. The van der Waals surface area contributed by atoms with Crippen LogP contribution in [0.5, 0.6) is 0 Å². The topological polar surface area (TPSA) is 76.0 Å². The predicted octanol–water partition coefficient (Wildman–Crippen LogP) is 3.58. The van der Waals surface area contributed by atoms with E-state index in [4.69, 9.17) is 9.47 Å². The van der Waals surface area contributed by atoms with Crippen LogP contribution in [0.3, 0.4) is 0 Å². The molecule has 2 aromatic rings. The summed E-state index contributed by atoms with van der Waals surface area (Å²) >= 11 is 0. The Morgan fingerprint density at radius 1 is 1.12 bits per heavy atom. The van der Waals surface area contributed by atoms with Gasteiger partial charge in [0.1, 0.15) is 17.4 Å². The van der Waals surface area contributed by atoms with Crippen molar-refractivity contribution in [1.29, 1.82) is 0 Å². The fourth-order valence-electron chi connectivity index (χ4n) is 3.44. The highest BCUT2D eigenvalue weighted by molar-refractivity contribution is 6.07. The highest BCUT2D eigenvalue weighted by Crippen LogP contribution is 2.19. The van der Waals surface area contributed by atoms with E-state index in [0.717, 1.165) is 30.0 Å². The molecule has 2 aliphatic heterocycles. The summed E-state index contributed by atoms with van der Waals surface area (Å²) in [6, 6.07) is 13.5. The number of aliphatic imine (C=N–C) groups is 1. The molecule has 0 saturated carbocycles. The number of nitrogens with zero attached hydrogens (tertiary/aromatic N) is 3. The molecule has 1 aromatic heterocycles. The summed E-state index contributed by atoms with van der Waals surface area (Å²) in [7, 11) is 1.62. The summed E-state index contributed by atoms with van der Waals surface area (Å²) in [6.45, 7) is 2.84. The first-order chi connectivity index (χ1) is 15.7. The zero-order valence-electron chi connectivity index (χ0n) is 18.0. The first kappa shape index (κ1) is 21.5. The summed E-state index contributed by atoms with van der Waals surface area (Å²) in [5.41, 5.74) is 2.48. The Hall–Kier alpha value is -3.71. The molecule has 0 bridgehead atoms. The number of hydrogen-bond donors (Lipinski definition) is 1. The van der Waals surface area contributed by atoms with E-state index in [9.17, 15) is 4.79 Å². The molecular weight excluding hydrogens is 404 g/mol. The number of carbonyl (C=O) groups excluding carboxylic acids is 1. The van der Waals surface area contributed by atoms with Crippen molar-refractivity contribution in [3.8, 4) is 0 Å². The second kappa shape index (κ2) is 10.5. The van der Waals surface area contributed by atoms with Gasteiger partial charge >= 0.3 is 0 Å². The molecule has 32 heavy (non-hydrogen) atoms. The number of allylic oxidation sites excluding steroid dienone is 3. The van der Waals surface area contributed by atoms with Gasteiger partial charge in [-0.1, -0.05) is 30.3 Å². The Kier molecular flexibility index (Phi) is 7.09. The molecule has 164 valence electrons. The van der Waals surface area contributed by atoms with Crippen molar-refractivity contribution in [2.75, 3.05) is 38.3 Å². The van der Waals surface area contributed by atoms with Crippen LogP contribution in [-0.4, -0.2) is 50.1 Å². The van der Waals surface area contributed by atoms with Gasteiger partial charge in [-0.15, -0.1) is 0 Å². The first-order valence-corrected chi connectivity index (χ1v) is 10.6. The molecule has 2 aliphatic rings. The fraction of sp³-hybridized carbons (Fsp3) is 0.240. The van der Waals surface area contributed by atoms with E-state index in [0.29, 0.717) is 36.8 Å². The monoisotopic (exact) mass is 430 g/mol. The lowest BCUT2D eigenvalue weighted by Crippen LogP contribution is -2.37. The Morgan fingerprint density at radius 3 is 2.72 bits per heavy atom. The van der Waals surface area contributed by atoms with Crippen LogP contribution in [0, 0.1) is 0 Å². The lowest BCUT2D eigenvalue weighted by molar-refractivity contribution is 0.0976. The number of amides is 1. The minimum Gasteiger partial charge on any atom is -0.497 e. The molecular formula is C25H26N4O3. The van der Waals surface area contributed by atoms with Crippen molar-refractivity contribution < 1.29 is 14.3 Å². The quantitative estimate of drug-likeness (QED) is 0.803. The number of carbonyl (C=O) groups is 1. The third-order valence-electron chi connectivity index (χ3n) is 5.23. The molecule has 0 radical (unpaired) electrons. The number of aromatic nitrogens is 1. The standard InChI is InChI=1S/C25H26N4O3/c1-31-22-8-7-21(19-5-3-2-4-6-19)18-27-23(10-9-22)28-25(30)20-11-12-26-24(17-20)29-13-15-32-16-14-29/h2-9,11-12,17-18H,10,13-16H2,1H3,(H,27,28,30)/b8-7?,21-18+,22-9?. The summed E-state index contributed by atoms with van der Waals surface area (Å²) < 4.78 is 10.8. The summed E-state index contributed by atoms with van der Waals surface area (Å²) in [6.07, 6.45) is 9.60. The average Bonchev–Trinajstić information content (AvgIpc) is 2.96. The van der Waals surface area contributed by atoms with Gasteiger partial charge in [0, 0.05) is 43.0 Å². The number of anilines is 1. The third-order valence-corrected chi connectivity index (χ3v) is 5.23. The summed E-state index contributed by atoms with van der Waals surface area (Å²) in [5.74, 6) is 1.78. The second-order valence-electron chi connectivity index (χ2n) is 7.33. The normalized spacial score (nSPS) is 18.3. The maximum Gasteiger partial charge on any atom is 0.256 e. The van der Waals surface area contributed by atoms with Crippen LogP contribution in [-0.2, 0) is 9.47 Å². The SMILES string of the molecule is COC1=CCC(NC(=O)c2ccnc(N3CCOCC3)c2)=N/C=C(/c2ccccc2)C=C1. The number of benzene rings is 1. The van der Waals surface area contributed by atoms with Gasteiger partial charge in [0.2, 0.25) is 0 Å². The second-order valence-corrected chi connectivity index (χ2v) is 7.33. The Balaban J connectivity index is 1.56. The molecule has 1 fully saturated rings. The minimum atomic E-state index is -0.227. The maximum absolute atomic E-state index is 13.0. The molecule has 0 atom stereocenters. The zero-order valence-corrected chi connectivity index (χ0v) is 18.0. The molecule has 1 amide bonds. The zero-order chi connectivity index (χ0) is 22.2. The van der Waals surface area contributed by atoms with E-state index in [1.54, 1.807) is 31.6 Å². The van der Waals surface area contributed by atoms with Crippen molar-refractivity contribution in [1.82, 2.24) is 10.3 Å². The molecule has 0 aliphatic carbocycles. The average molecular weight is 431 g/mol. The summed E-state index contributed by atoms with van der Waals surface area (Å²) in [5, 5.41) is 2.95. The van der Waals surface area contributed by atoms with Gasteiger partial charge in [0.25, 0.3) is 5.91 Å². The van der Waals surface area contributed by atoms with Gasteiger partial charge < -0.3 is 19.7 Å². The smallest absolute Gasteiger partial charge is 0.256 e. The number of hydrogen-bond acceptors (Lipinski definition) is 6. The number of amidine groups is 1. The van der Waals surface area contributed by atoms with E-state index in [-0.39, 0.29) is 5.91 Å². The molecule has 1 N–H and O–H groups in total. The van der Waals surface area contributed by atoms with Gasteiger partial charge in [-0.05, 0) is 35.9 Å². The van der Waals surface area contributed by atoms with Crippen molar-refractivity contribution in [2.45, 2.75) is 6.42 Å². The number of ether oxygens (including phenoxy) is 2. The van der Waals surface area contributed by atoms with Crippen molar-refractivity contribution in [3.63, 3.8) is 0 Å². The maximum atomic E-state index is 13.0. The van der Waals surface area contributed by atoms with Gasteiger partial charge in [-0.25, -0.2) is 9.98 Å². The Bertz CT molecular complexity index is 1070.